The van der Waals surface area contributed by atoms with E-state index in [0.717, 1.165) is 0 Å². The van der Waals surface area contributed by atoms with Gasteiger partial charge in [0, 0.05) is 16.7 Å². The summed E-state index contributed by atoms with van der Waals surface area (Å²) in [7, 11) is 0. The maximum absolute atomic E-state index is 11.9. The van der Waals surface area contributed by atoms with Crippen LogP contribution in [0.15, 0.2) is 20.9 Å². The molecule has 2 fully saturated rings. The lowest BCUT2D eigenvalue weighted by molar-refractivity contribution is -0.138. The number of hydrogen-bond donors (Lipinski definition) is 2. The lowest BCUT2D eigenvalue weighted by atomic mass is 9.85. The van der Waals surface area contributed by atoms with Crippen molar-refractivity contribution in [2.24, 2.45) is 5.11 Å². The number of ether oxygens (including phenoxy) is 2. The van der Waals surface area contributed by atoms with E-state index >= 15 is 0 Å². The molecule has 1 aromatic heterocycles. The molecule has 0 saturated carbocycles. The van der Waals surface area contributed by atoms with Crippen LogP contribution in [0, 0.1) is 6.92 Å². The number of hydrogen-bond acceptors (Lipinski definition) is 6. The van der Waals surface area contributed by atoms with Crippen LogP contribution in [0.3, 0.4) is 0 Å². The summed E-state index contributed by atoms with van der Waals surface area (Å²) in [5.41, 5.74) is 6.87. The Bertz CT molecular complexity index is 735. The first-order valence-electron chi connectivity index (χ1n) is 6.30. The van der Waals surface area contributed by atoms with E-state index in [1.807, 2.05) is 0 Å². The van der Waals surface area contributed by atoms with E-state index < -0.39 is 35.2 Å². The number of nitrogens with one attached hydrogen (secondary N) is 1. The monoisotopic (exact) mass is 295 g/mol. The van der Waals surface area contributed by atoms with Crippen LogP contribution in [0.2, 0.25) is 0 Å². The molecule has 2 N–H and O–H groups in total. The van der Waals surface area contributed by atoms with Crippen molar-refractivity contribution in [3.8, 4) is 0 Å². The summed E-state index contributed by atoms with van der Waals surface area (Å²) in [6.07, 6.45) is -0.969. The molecule has 0 bridgehead atoms. The molecule has 0 aliphatic carbocycles. The molecule has 2 aliphatic rings. The highest BCUT2D eigenvalue weighted by Gasteiger charge is 2.64. The summed E-state index contributed by atoms with van der Waals surface area (Å²) in [6.45, 7) is 1.29. The Hall–Kier alpha value is -2.13. The molecule has 0 radical (unpaired) electrons. The largest absolute Gasteiger partial charge is 0.394 e. The van der Waals surface area contributed by atoms with E-state index in [4.69, 9.17) is 15.0 Å². The molecule has 1 aromatic rings. The minimum Gasteiger partial charge on any atom is -0.394 e. The summed E-state index contributed by atoms with van der Waals surface area (Å²) in [5, 5.41) is 13.1. The molecule has 0 aromatic carbocycles. The van der Waals surface area contributed by atoms with Crippen molar-refractivity contribution < 1.29 is 14.6 Å². The standard InChI is InChI=1S/C11H13N5O5/c1-5-2-16(10(19)13-8(5)18)9-7-11(4-20-7,14-15-12)6(3-17)21-9/h2,6-7,9,17H,3-4H2,1H3,(H,13,18,19)/t6-,7-,9-,11-/m1/s1. The molecule has 2 saturated heterocycles. The highest BCUT2D eigenvalue weighted by atomic mass is 16.6. The first-order chi connectivity index (χ1) is 10.0. The fraction of sp³-hybridized carbons (Fsp3) is 0.636. The summed E-state index contributed by atoms with van der Waals surface area (Å²) < 4.78 is 12.2. The minimum absolute atomic E-state index is 0.112. The third-order valence-electron chi connectivity index (χ3n) is 3.92. The van der Waals surface area contributed by atoms with Crippen molar-refractivity contribution >= 4 is 0 Å². The topological polar surface area (TPSA) is 142 Å². The van der Waals surface area contributed by atoms with Crippen LogP contribution in [0.4, 0.5) is 0 Å². The average molecular weight is 295 g/mol. The zero-order valence-electron chi connectivity index (χ0n) is 11.1. The quantitative estimate of drug-likeness (QED) is 0.425. The number of rotatable bonds is 3. The van der Waals surface area contributed by atoms with Gasteiger partial charge in [-0.05, 0) is 12.5 Å². The van der Waals surface area contributed by atoms with Crippen molar-refractivity contribution in [1.82, 2.24) is 9.55 Å². The number of aromatic amines is 1. The molecular weight excluding hydrogens is 282 g/mol. The third-order valence-corrected chi connectivity index (χ3v) is 3.92. The van der Waals surface area contributed by atoms with E-state index in [-0.39, 0.29) is 13.2 Å². The molecule has 2 aliphatic heterocycles. The normalized spacial score (nSPS) is 33.9. The maximum atomic E-state index is 11.9. The van der Waals surface area contributed by atoms with E-state index in [9.17, 15) is 14.7 Å². The molecule has 112 valence electrons. The van der Waals surface area contributed by atoms with Crippen LogP contribution >= 0.6 is 0 Å². The third kappa shape index (κ3) is 1.81. The van der Waals surface area contributed by atoms with Gasteiger partial charge < -0.3 is 14.6 Å². The fourth-order valence-electron chi connectivity index (χ4n) is 2.73. The van der Waals surface area contributed by atoms with Crippen LogP contribution in [0.5, 0.6) is 0 Å². The van der Waals surface area contributed by atoms with Gasteiger partial charge in [0.2, 0.25) is 0 Å². The molecule has 10 heteroatoms. The van der Waals surface area contributed by atoms with Gasteiger partial charge in [-0.3, -0.25) is 14.3 Å². The van der Waals surface area contributed by atoms with Crippen LogP contribution < -0.4 is 11.2 Å². The van der Waals surface area contributed by atoms with Gasteiger partial charge in [-0.1, -0.05) is 5.11 Å². The van der Waals surface area contributed by atoms with Gasteiger partial charge in [0.05, 0.1) is 19.3 Å². The van der Waals surface area contributed by atoms with E-state index in [2.05, 4.69) is 15.0 Å². The van der Waals surface area contributed by atoms with E-state index in [1.54, 1.807) is 6.92 Å². The Morgan fingerprint density at radius 1 is 1.67 bits per heavy atom. The Kier molecular flexibility index (Phi) is 3.10. The van der Waals surface area contributed by atoms with Gasteiger partial charge in [0.15, 0.2) is 6.23 Å². The minimum atomic E-state index is -1.03. The Morgan fingerprint density at radius 2 is 2.43 bits per heavy atom. The second-order valence-corrected chi connectivity index (χ2v) is 5.09. The van der Waals surface area contributed by atoms with Crippen molar-refractivity contribution in [1.29, 1.82) is 0 Å². The van der Waals surface area contributed by atoms with Crippen LogP contribution in [0.1, 0.15) is 11.8 Å². The molecule has 3 rings (SSSR count). The molecular formula is C11H13N5O5. The highest BCUT2D eigenvalue weighted by Crippen LogP contribution is 2.48. The first-order valence-corrected chi connectivity index (χ1v) is 6.30. The number of H-pyrrole nitrogens is 1. The van der Waals surface area contributed by atoms with Crippen LogP contribution in [-0.4, -0.2) is 45.6 Å². The second-order valence-electron chi connectivity index (χ2n) is 5.09. The maximum Gasteiger partial charge on any atom is 0.330 e. The molecule has 0 spiro atoms. The summed E-state index contributed by atoms with van der Waals surface area (Å²) in [6, 6.07) is 0. The fourth-order valence-corrected chi connectivity index (χ4v) is 2.73. The Labute approximate surface area is 117 Å². The first kappa shape index (κ1) is 13.8. The number of azide groups is 1. The zero-order chi connectivity index (χ0) is 15.2. The van der Waals surface area contributed by atoms with Gasteiger partial charge in [-0.2, -0.15) is 0 Å². The number of aliphatic hydroxyl groups is 1. The molecule has 4 atom stereocenters. The highest BCUT2D eigenvalue weighted by molar-refractivity contribution is 5.16. The van der Waals surface area contributed by atoms with Crippen molar-refractivity contribution in [3.63, 3.8) is 0 Å². The molecule has 10 nitrogen and oxygen atoms in total. The number of nitrogens with zero attached hydrogens (tertiary/aromatic N) is 4. The SMILES string of the molecule is Cc1cn([C@@H]2O[C@H](CO)[C@]3(N=[N+]=[N-])CO[C@H]23)c(=O)[nH]c1=O. The summed E-state index contributed by atoms with van der Waals surface area (Å²) in [4.78, 5) is 28.3. The summed E-state index contributed by atoms with van der Waals surface area (Å²) in [5.74, 6) is 0. The Morgan fingerprint density at radius 3 is 3.00 bits per heavy atom. The predicted octanol–water partition coefficient (Wildman–Crippen LogP) is -0.817. The van der Waals surface area contributed by atoms with Crippen LogP contribution in [0.25, 0.3) is 10.4 Å². The molecule has 21 heavy (non-hydrogen) atoms. The van der Waals surface area contributed by atoms with E-state index in [0.29, 0.717) is 5.56 Å². The van der Waals surface area contributed by atoms with Gasteiger partial charge in [-0.15, -0.1) is 0 Å². The van der Waals surface area contributed by atoms with Crippen LogP contribution in [-0.2, 0) is 9.47 Å². The Balaban J connectivity index is 2.06. The summed E-state index contributed by atoms with van der Waals surface area (Å²) >= 11 is 0. The van der Waals surface area contributed by atoms with Gasteiger partial charge in [0.25, 0.3) is 5.56 Å². The smallest absolute Gasteiger partial charge is 0.330 e. The van der Waals surface area contributed by atoms with Gasteiger partial charge >= 0.3 is 5.69 Å². The molecule has 0 amide bonds. The lowest BCUT2D eigenvalue weighted by Crippen LogP contribution is -2.61. The number of fused-ring (bicyclic) bond motifs is 1. The number of aliphatic hydroxyl groups excluding tert-OH is 1. The number of aromatic nitrogens is 2. The number of aryl methyl sites for hydroxylation is 1. The molecule has 3 heterocycles. The van der Waals surface area contributed by atoms with E-state index in [1.165, 1.54) is 10.8 Å². The van der Waals surface area contributed by atoms with Crippen molar-refractivity contribution in [2.75, 3.05) is 13.2 Å². The van der Waals surface area contributed by atoms with Gasteiger partial charge in [-0.25, -0.2) is 4.79 Å². The van der Waals surface area contributed by atoms with Crippen molar-refractivity contribution in [3.05, 3.63) is 43.0 Å². The predicted molar refractivity (Wildman–Crippen MR) is 68.7 cm³/mol. The lowest BCUT2D eigenvalue weighted by Gasteiger charge is -2.42. The second kappa shape index (κ2) is 4.71. The van der Waals surface area contributed by atoms with Crippen molar-refractivity contribution in [2.45, 2.75) is 30.9 Å². The zero-order valence-corrected chi connectivity index (χ0v) is 11.1. The molecule has 0 unspecified atom stereocenters. The average Bonchev–Trinajstić information content (AvgIpc) is 2.63. The van der Waals surface area contributed by atoms with Gasteiger partial charge in [0.1, 0.15) is 11.6 Å².